The number of nitrogens with one attached hydrogen (secondary N) is 2. The van der Waals surface area contributed by atoms with Crippen LogP contribution >= 0.6 is 15.9 Å². The summed E-state index contributed by atoms with van der Waals surface area (Å²) in [7, 11) is -2.29. The Labute approximate surface area is 554 Å². The summed E-state index contributed by atoms with van der Waals surface area (Å²) < 4.78 is 36.4. The molecule has 1 fully saturated rings. The van der Waals surface area contributed by atoms with E-state index in [-0.39, 0.29) is 44.3 Å². The molecular formula is C73H92BBrN4O11Si2. The summed E-state index contributed by atoms with van der Waals surface area (Å²) in [5.74, 6) is 2.18. The van der Waals surface area contributed by atoms with Gasteiger partial charge in [-0.2, -0.15) is 0 Å². The highest BCUT2D eigenvalue weighted by molar-refractivity contribution is 9.10. The lowest BCUT2D eigenvalue weighted by molar-refractivity contribution is -0.148. The van der Waals surface area contributed by atoms with Gasteiger partial charge in [0.1, 0.15) is 23.9 Å². The molecule has 9 rings (SSSR count). The molecule has 0 saturated carbocycles. The molecule has 3 heterocycles. The van der Waals surface area contributed by atoms with E-state index in [2.05, 4.69) is 140 Å². The largest absolute Gasteiger partial charge is 0.486 e. The number of benzene rings is 6. The van der Waals surface area contributed by atoms with E-state index in [4.69, 9.17) is 42.7 Å². The van der Waals surface area contributed by atoms with Gasteiger partial charge in [0.05, 0.1) is 58.1 Å². The number of aromatic amines is 2. The van der Waals surface area contributed by atoms with E-state index >= 15 is 0 Å². The first kappa shape index (κ1) is 73.8. The third-order valence-electron chi connectivity index (χ3n) is 16.8. The summed E-state index contributed by atoms with van der Waals surface area (Å²) >= 11 is 3.48. The number of aromatic nitrogens is 4. The number of carbonyl (C=O) groups excluding carboxylic acids is 2. The first-order valence-corrected chi connectivity index (χ1v) is 35.4. The highest BCUT2D eigenvalue weighted by Gasteiger charge is 2.53. The monoisotopic (exact) mass is 1350 g/mol. The van der Waals surface area contributed by atoms with Gasteiger partial charge in [0.2, 0.25) is 0 Å². The fraction of sp³-hybridized carbons (Fsp3) is 0.370. The minimum absolute atomic E-state index is 0.157. The predicted molar refractivity (Wildman–Crippen MR) is 381 cm³/mol. The molecule has 0 aliphatic carbocycles. The van der Waals surface area contributed by atoms with Gasteiger partial charge in [0.15, 0.2) is 0 Å². The predicted octanol–water partition coefficient (Wildman–Crippen LogP) is 13.1. The lowest BCUT2D eigenvalue weighted by atomic mass is 9.83. The Bertz CT molecular complexity index is 3870. The molecule has 2 atom stereocenters. The molecule has 488 valence electrons. The zero-order valence-electron chi connectivity index (χ0n) is 56.9. The van der Waals surface area contributed by atoms with Crippen LogP contribution in [0.3, 0.4) is 0 Å². The van der Waals surface area contributed by atoms with Crippen molar-refractivity contribution < 1.29 is 42.3 Å². The summed E-state index contributed by atoms with van der Waals surface area (Å²) in [4.78, 5) is 65.1. The van der Waals surface area contributed by atoms with Gasteiger partial charge in [0.25, 0.3) is 27.8 Å². The average Bonchev–Trinajstić information content (AvgIpc) is 0.995. The number of ether oxygens (including phenoxy) is 2. The second kappa shape index (κ2) is 30.3. The summed E-state index contributed by atoms with van der Waals surface area (Å²) in [6.07, 6.45) is 4.52. The minimum Gasteiger partial charge on any atom is -0.468 e. The zero-order chi connectivity index (χ0) is 68.3. The van der Waals surface area contributed by atoms with E-state index < -0.39 is 46.8 Å². The van der Waals surface area contributed by atoms with Gasteiger partial charge in [0, 0.05) is 11.6 Å². The lowest BCUT2D eigenvalue weighted by Gasteiger charge is -2.44. The van der Waals surface area contributed by atoms with Crippen LogP contribution in [-0.2, 0) is 37.2 Å². The Balaban J connectivity index is 0.000000231. The number of rotatable bonds is 16. The second-order valence-electron chi connectivity index (χ2n) is 26.9. The first-order chi connectivity index (χ1) is 43.1. The van der Waals surface area contributed by atoms with Crippen molar-refractivity contribution in [1.82, 2.24) is 19.9 Å². The standard InChI is InChI=1S/C33H38N2O4Si.C26H27BrN2O2Si.C13H23BO4.CH4O/c1-23(39-40(32(2,3)4,25-14-10-8-11-15-25)26-16-12-9-13-17-26)29-34-28-22-24(18-19-27(28)30(36)35-29)20-21-33(5,6)31(37)38-7;1-18(24-28-23-17-19(27)15-16-22(23)25(30)29-24)31-32(26(2,3)4,20-11-7-5-8-12-20)21-13-9-6-10-14-21;1-11(2,10(15)16-7)8-9-14-17-12(3,4)13(5,6)18-14;1-2/h8-23H,1-7H3,(H,34,35,36);5-18H,1-4H3,(H,28,29,30);8-9H,1-7H3;2H,1H3/b21-20+;;9-8+;/t23-;18-;;/m11../s1. The topological polar surface area (TPSA) is 201 Å². The molecule has 3 N–H and O–H groups in total. The third-order valence-corrected chi connectivity index (χ3v) is 27.5. The summed E-state index contributed by atoms with van der Waals surface area (Å²) in [6.45, 7) is 32.4. The summed E-state index contributed by atoms with van der Waals surface area (Å²) in [5.41, 5.74) is -0.527. The number of H-pyrrole nitrogens is 2. The Morgan fingerprint density at radius 3 is 1.23 bits per heavy atom. The molecular weight excluding hydrogens is 1260 g/mol. The Morgan fingerprint density at radius 1 is 0.543 bits per heavy atom. The van der Waals surface area contributed by atoms with Crippen molar-refractivity contribution in [3.05, 3.63) is 218 Å². The van der Waals surface area contributed by atoms with Crippen molar-refractivity contribution >= 4 is 100 Å². The lowest BCUT2D eigenvalue weighted by Crippen LogP contribution is -2.66. The Morgan fingerprint density at radius 2 is 0.880 bits per heavy atom. The van der Waals surface area contributed by atoms with Crippen molar-refractivity contribution in [3.8, 4) is 0 Å². The van der Waals surface area contributed by atoms with Crippen LogP contribution < -0.4 is 31.9 Å². The number of hydrogen-bond donors (Lipinski definition) is 3. The number of aliphatic hydroxyl groups excluding tert-OH is 1. The fourth-order valence-electron chi connectivity index (χ4n) is 11.1. The fourth-order valence-corrected chi connectivity index (χ4v) is 20.7. The van der Waals surface area contributed by atoms with Crippen LogP contribution in [0.5, 0.6) is 0 Å². The molecule has 1 saturated heterocycles. The SMILES string of the molecule is CO.COC(=O)C(C)(C)/C=C/B1OC(C)(C)C(C)(C)O1.COC(=O)C(C)(C)/C=C/c1ccc2c(=O)[nH]c([C@@H](C)O[Si](c3ccccc3)(c3ccccc3)C(C)(C)C)nc2c1.C[C@@H](O[Si](c1ccccc1)(c1ccccc1)C(C)(C)C)c1nc2cc(Br)ccc2c(=O)[nH]1. The summed E-state index contributed by atoms with van der Waals surface area (Å²) in [5, 5.41) is 12.4. The number of nitrogens with zero attached hydrogens (tertiary/aromatic N) is 2. The van der Waals surface area contributed by atoms with Gasteiger partial charge in [-0.1, -0.05) is 209 Å². The molecule has 1 aliphatic heterocycles. The smallest absolute Gasteiger partial charge is 0.468 e. The van der Waals surface area contributed by atoms with E-state index in [1.807, 2.05) is 120 Å². The third kappa shape index (κ3) is 16.8. The van der Waals surface area contributed by atoms with Crippen LogP contribution in [0.2, 0.25) is 10.1 Å². The van der Waals surface area contributed by atoms with E-state index in [9.17, 15) is 19.2 Å². The molecule has 0 bridgehead atoms. The molecule has 1 aliphatic rings. The van der Waals surface area contributed by atoms with E-state index in [1.165, 1.54) is 24.6 Å². The number of hydrogen-bond acceptors (Lipinski definition) is 13. The van der Waals surface area contributed by atoms with Crippen molar-refractivity contribution in [2.75, 3.05) is 21.3 Å². The van der Waals surface area contributed by atoms with E-state index in [1.54, 1.807) is 58.0 Å². The van der Waals surface area contributed by atoms with E-state index in [0.717, 1.165) is 27.5 Å². The van der Waals surface area contributed by atoms with Crippen LogP contribution in [-0.4, -0.2) is 93.3 Å². The summed E-state index contributed by atoms with van der Waals surface area (Å²) in [6, 6.07) is 52.7. The maximum Gasteiger partial charge on any atom is 0.486 e. The van der Waals surface area contributed by atoms with Gasteiger partial charge in [-0.05, 0) is 136 Å². The van der Waals surface area contributed by atoms with Crippen molar-refractivity contribution in [3.63, 3.8) is 0 Å². The minimum atomic E-state index is -2.86. The van der Waals surface area contributed by atoms with Crippen LogP contribution in [0.15, 0.2) is 190 Å². The molecule has 0 radical (unpaired) electrons. The average molecular weight is 1350 g/mol. The van der Waals surface area contributed by atoms with Crippen molar-refractivity contribution in [1.29, 1.82) is 0 Å². The van der Waals surface area contributed by atoms with Crippen LogP contribution in [0.1, 0.15) is 140 Å². The number of carbonyl (C=O) groups is 2. The van der Waals surface area contributed by atoms with Gasteiger partial charge >= 0.3 is 19.1 Å². The highest BCUT2D eigenvalue weighted by atomic mass is 79.9. The quantitative estimate of drug-likeness (QED) is 0.0610. The normalized spacial score (nSPS) is 14.9. The highest BCUT2D eigenvalue weighted by Crippen LogP contribution is 2.42. The van der Waals surface area contributed by atoms with Gasteiger partial charge in [-0.15, -0.1) is 0 Å². The van der Waals surface area contributed by atoms with E-state index in [0.29, 0.717) is 33.5 Å². The maximum absolute atomic E-state index is 13.1. The number of methoxy groups -OCH3 is 2. The molecule has 0 amide bonds. The maximum atomic E-state index is 13.1. The number of halogens is 1. The second-order valence-corrected chi connectivity index (χ2v) is 36.4. The van der Waals surface area contributed by atoms with Crippen LogP contribution in [0.4, 0.5) is 0 Å². The number of fused-ring (bicyclic) bond motifs is 2. The molecule has 15 nitrogen and oxygen atoms in total. The van der Waals surface area contributed by atoms with Gasteiger partial charge in [-0.3, -0.25) is 19.2 Å². The molecule has 0 spiro atoms. The van der Waals surface area contributed by atoms with Crippen LogP contribution in [0, 0.1) is 10.8 Å². The van der Waals surface area contributed by atoms with Crippen molar-refractivity contribution in [2.45, 2.75) is 144 Å². The number of aliphatic hydroxyl groups is 1. The Hall–Kier alpha value is -7.20. The van der Waals surface area contributed by atoms with Gasteiger partial charge < -0.3 is 42.7 Å². The molecule has 92 heavy (non-hydrogen) atoms. The molecule has 8 aromatic rings. The van der Waals surface area contributed by atoms with Gasteiger partial charge in [-0.25, -0.2) is 9.97 Å². The zero-order valence-corrected chi connectivity index (χ0v) is 60.4. The molecule has 0 unspecified atom stereocenters. The number of esters is 2. The Kier molecular flexibility index (Phi) is 24.3. The van der Waals surface area contributed by atoms with Crippen LogP contribution in [0.25, 0.3) is 27.9 Å². The molecule has 6 aromatic carbocycles. The van der Waals surface area contributed by atoms with Crippen molar-refractivity contribution in [2.24, 2.45) is 10.8 Å². The molecule has 2 aromatic heterocycles. The molecule has 19 heteroatoms. The first-order valence-electron chi connectivity index (χ1n) is 30.8.